The fourth-order valence-corrected chi connectivity index (χ4v) is 4.49. The average Bonchev–Trinajstić information content (AvgIpc) is 3.00. The standard InChI is InChI=1S/C31H33ClN4O7/c1-4-41-26-15-20(29-28(30(38)40-3)19(2)34-31(39)35-29)13-14-25(26)43-18-27(37)36-33-16-21-9-6-8-12-24(21)42-17-22-10-5-7-11-23(22)32/h5-16,27,29,36-37H,4,17-18H2,1-3H3,(H2,34,35,39)/b33-16+/t27-,29+/m1/s1. The van der Waals surface area contributed by atoms with Crippen molar-refractivity contribution in [2.75, 3.05) is 20.3 Å². The minimum Gasteiger partial charge on any atom is -0.490 e. The lowest BCUT2D eigenvalue weighted by Gasteiger charge is -2.28. The molecule has 3 aromatic carbocycles. The molecular formula is C31H33ClN4O7. The van der Waals surface area contributed by atoms with Gasteiger partial charge < -0.3 is 34.7 Å². The Balaban J connectivity index is 1.39. The SMILES string of the molecule is CCOc1cc([C@@H]2NC(=O)NC(C)=C2C(=O)OC)ccc1OC[C@@H](O)N/N=C/c1ccccc1OCc1ccccc1Cl. The van der Waals surface area contributed by atoms with Crippen molar-refractivity contribution in [2.45, 2.75) is 32.7 Å². The van der Waals surface area contributed by atoms with Crippen LogP contribution in [0, 0.1) is 0 Å². The number of amides is 2. The molecule has 3 aromatic rings. The van der Waals surface area contributed by atoms with Gasteiger partial charge in [-0.15, -0.1) is 0 Å². The molecule has 0 fully saturated rings. The summed E-state index contributed by atoms with van der Waals surface area (Å²) in [5.74, 6) is 0.757. The number of hydrogen-bond acceptors (Lipinski definition) is 9. The van der Waals surface area contributed by atoms with Gasteiger partial charge in [0, 0.05) is 21.8 Å². The second kappa shape index (κ2) is 14.9. The van der Waals surface area contributed by atoms with Gasteiger partial charge in [0.1, 0.15) is 19.0 Å². The van der Waals surface area contributed by atoms with E-state index < -0.39 is 24.3 Å². The number of esters is 1. The highest BCUT2D eigenvalue weighted by molar-refractivity contribution is 6.31. The summed E-state index contributed by atoms with van der Waals surface area (Å²) >= 11 is 6.23. The number of carbonyl (C=O) groups excluding carboxylic acids is 2. The van der Waals surface area contributed by atoms with E-state index in [9.17, 15) is 14.7 Å². The summed E-state index contributed by atoms with van der Waals surface area (Å²) in [7, 11) is 1.27. The van der Waals surface area contributed by atoms with Crippen LogP contribution in [0.1, 0.15) is 36.6 Å². The van der Waals surface area contributed by atoms with Gasteiger partial charge in [0.05, 0.1) is 31.5 Å². The average molecular weight is 609 g/mol. The van der Waals surface area contributed by atoms with Crippen molar-refractivity contribution in [3.8, 4) is 17.2 Å². The van der Waals surface area contributed by atoms with Gasteiger partial charge >= 0.3 is 12.0 Å². The first kappa shape index (κ1) is 31.2. The third-order valence-corrected chi connectivity index (χ3v) is 6.73. The van der Waals surface area contributed by atoms with Crippen molar-refractivity contribution < 1.29 is 33.6 Å². The Labute approximate surface area is 254 Å². The molecule has 226 valence electrons. The van der Waals surface area contributed by atoms with Crippen LogP contribution in [0.25, 0.3) is 0 Å². The second-order valence-corrected chi connectivity index (χ2v) is 9.74. The number of para-hydroxylation sites is 1. The molecule has 0 saturated heterocycles. The van der Waals surface area contributed by atoms with Crippen LogP contribution in [0.3, 0.4) is 0 Å². The Morgan fingerprint density at radius 2 is 1.84 bits per heavy atom. The number of nitrogens with one attached hydrogen (secondary N) is 3. The number of carbonyl (C=O) groups is 2. The zero-order chi connectivity index (χ0) is 30.8. The van der Waals surface area contributed by atoms with Crippen LogP contribution >= 0.6 is 11.6 Å². The van der Waals surface area contributed by atoms with Gasteiger partial charge in [-0.3, -0.25) is 5.43 Å². The molecule has 43 heavy (non-hydrogen) atoms. The molecule has 0 radical (unpaired) electrons. The van der Waals surface area contributed by atoms with Crippen molar-refractivity contribution in [2.24, 2.45) is 5.10 Å². The van der Waals surface area contributed by atoms with Gasteiger partial charge in [-0.05, 0) is 49.7 Å². The number of hydrazone groups is 1. The van der Waals surface area contributed by atoms with Crippen molar-refractivity contribution in [1.29, 1.82) is 0 Å². The summed E-state index contributed by atoms with van der Waals surface area (Å²) in [6, 6.07) is 18.6. The van der Waals surface area contributed by atoms with E-state index in [0.717, 1.165) is 5.56 Å². The maximum Gasteiger partial charge on any atom is 0.337 e. The number of aliphatic hydroxyl groups excluding tert-OH is 1. The molecule has 0 saturated carbocycles. The van der Waals surface area contributed by atoms with E-state index in [-0.39, 0.29) is 12.2 Å². The molecule has 0 aromatic heterocycles. The highest BCUT2D eigenvalue weighted by atomic mass is 35.5. The predicted octanol–water partition coefficient (Wildman–Crippen LogP) is 4.44. The van der Waals surface area contributed by atoms with E-state index in [4.69, 9.17) is 30.5 Å². The lowest BCUT2D eigenvalue weighted by Crippen LogP contribution is -2.45. The number of ether oxygens (including phenoxy) is 4. The molecule has 1 heterocycles. The summed E-state index contributed by atoms with van der Waals surface area (Å²) in [6.45, 7) is 3.91. The second-order valence-electron chi connectivity index (χ2n) is 9.33. The molecule has 2 atom stereocenters. The molecule has 1 aliphatic heterocycles. The quantitative estimate of drug-likeness (QED) is 0.0967. The minimum absolute atomic E-state index is 0.155. The van der Waals surface area contributed by atoms with Crippen LogP contribution in [0.5, 0.6) is 17.2 Å². The molecule has 11 nitrogen and oxygen atoms in total. The third-order valence-electron chi connectivity index (χ3n) is 6.36. The Bertz CT molecular complexity index is 1510. The van der Waals surface area contributed by atoms with Crippen LogP contribution in [-0.2, 0) is 16.1 Å². The Hall–Kier alpha value is -4.74. The number of benzene rings is 3. The first-order valence-electron chi connectivity index (χ1n) is 13.5. The first-order chi connectivity index (χ1) is 20.8. The van der Waals surface area contributed by atoms with E-state index in [1.165, 1.54) is 13.3 Å². The summed E-state index contributed by atoms with van der Waals surface area (Å²) < 4.78 is 22.4. The molecule has 12 heteroatoms. The Morgan fingerprint density at radius 3 is 2.60 bits per heavy atom. The van der Waals surface area contributed by atoms with Gasteiger partial charge in [-0.2, -0.15) is 5.10 Å². The highest BCUT2D eigenvalue weighted by Crippen LogP contribution is 2.35. The third kappa shape index (κ3) is 8.18. The van der Waals surface area contributed by atoms with Crippen LogP contribution in [0.15, 0.2) is 83.1 Å². The molecule has 4 rings (SSSR count). The molecule has 0 bridgehead atoms. The van der Waals surface area contributed by atoms with Crippen LogP contribution < -0.4 is 30.3 Å². The van der Waals surface area contributed by atoms with Gasteiger partial charge in [-0.25, -0.2) is 9.59 Å². The van der Waals surface area contributed by atoms with Crippen LogP contribution in [-0.4, -0.2) is 49.9 Å². The number of aliphatic hydroxyl groups is 1. The molecule has 4 N–H and O–H groups in total. The van der Waals surface area contributed by atoms with E-state index in [0.29, 0.717) is 52.3 Å². The van der Waals surface area contributed by atoms with Crippen LogP contribution in [0.2, 0.25) is 5.02 Å². The van der Waals surface area contributed by atoms with Gasteiger partial charge in [0.15, 0.2) is 17.7 Å². The highest BCUT2D eigenvalue weighted by Gasteiger charge is 2.32. The van der Waals surface area contributed by atoms with Crippen molar-refractivity contribution in [3.63, 3.8) is 0 Å². The lowest BCUT2D eigenvalue weighted by atomic mass is 9.95. The molecule has 0 spiro atoms. The van der Waals surface area contributed by atoms with Gasteiger partial charge in [-0.1, -0.05) is 48.0 Å². The summed E-state index contributed by atoms with van der Waals surface area (Å²) in [5.41, 5.74) is 5.44. The zero-order valence-electron chi connectivity index (χ0n) is 23.9. The number of allylic oxidation sites excluding steroid dienone is 1. The van der Waals surface area contributed by atoms with Gasteiger partial charge in [0.2, 0.25) is 0 Å². The van der Waals surface area contributed by atoms with E-state index in [2.05, 4.69) is 21.2 Å². The Morgan fingerprint density at radius 1 is 1.07 bits per heavy atom. The molecule has 0 unspecified atom stereocenters. The summed E-state index contributed by atoms with van der Waals surface area (Å²) in [4.78, 5) is 24.6. The monoisotopic (exact) mass is 608 g/mol. The van der Waals surface area contributed by atoms with E-state index in [1.54, 1.807) is 31.2 Å². The van der Waals surface area contributed by atoms with E-state index >= 15 is 0 Å². The number of methoxy groups -OCH3 is 1. The topological polar surface area (TPSA) is 140 Å². The van der Waals surface area contributed by atoms with E-state index in [1.807, 2.05) is 49.4 Å². The number of rotatable bonds is 13. The molecular weight excluding hydrogens is 576 g/mol. The fraction of sp³-hybridized carbons (Fsp3) is 0.258. The molecule has 0 aliphatic carbocycles. The molecule has 1 aliphatic rings. The summed E-state index contributed by atoms with van der Waals surface area (Å²) in [6.07, 6.45) is 0.384. The maximum atomic E-state index is 12.4. The van der Waals surface area contributed by atoms with Crippen molar-refractivity contribution in [3.05, 3.63) is 99.7 Å². The van der Waals surface area contributed by atoms with Crippen molar-refractivity contribution >= 4 is 29.8 Å². The number of nitrogens with zero attached hydrogens (tertiary/aromatic N) is 1. The van der Waals surface area contributed by atoms with Gasteiger partial charge in [0.25, 0.3) is 0 Å². The molecule has 2 amide bonds. The van der Waals surface area contributed by atoms with Crippen molar-refractivity contribution in [1.82, 2.24) is 16.1 Å². The largest absolute Gasteiger partial charge is 0.490 e. The lowest BCUT2D eigenvalue weighted by molar-refractivity contribution is -0.136. The number of halogens is 1. The minimum atomic E-state index is -1.15. The zero-order valence-corrected chi connectivity index (χ0v) is 24.7. The predicted molar refractivity (Wildman–Crippen MR) is 161 cm³/mol. The normalized spacial score (nSPS) is 15.4. The fourth-order valence-electron chi connectivity index (χ4n) is 4.30. The smallest absolute Gasteiger partial charge is 0.337 e. The Kier molecular flexibility index (Phi) is 10.8. The number of urea groups is 1. The summed E-state index contributed by atoms with van der Waals surface area (Å²) in [5, 5.41) is 20.5. The number of hydrogen-bond donors (Lipinski definition) is 4. The first-order valence-corrected chi connectivity index (χ1v) is 13.9. The van der Waals surface area contributed by atoms with Crippen LogP contribution in [0.4, 0.5) is 4.79 Å². The maximum absolute atomic E-state index is 12.4.